The van der Waals surface area contributed by atoms with Crippen LogP contribution in [0.1, 0.15) is 44.9 Å². The third kappa shape index (κ3) is 2.44. The van der Waals surface area contributed by atoms with E-state index in [9.17, 15) is 8.78 Å². The highest BCUT2D eigenvalue weighted by Crippen LogP contribution is 2.42. The summed E-state index contributed by atoms with van der Waals surface area (Å²) >= 11 is 0. The van der Waals surface area contributed by atoms with Crippen LogP contribution in [0.4, 0.5) is 8.78 Å². The molecule has 3 heteroatoms. The van der Waals surface area contributed by atoms with Crippen molar-refractivity contribution in [2.75, 3.05) is 0 Å². The van der Waals surface area contributed by atoms with Crippen molar-refractivity contribution in [3.8, 4) is 0 Å². The van der Waals surface area contributed by atoms with Crippen molar-refractivity contribution < 1.29 is 8.78 Å². The van der Waals surface area contributed by atoms with Crippen molar-refractivity contribution >= 4 is 0 Å². The molecule has 0 bridgehead atoms. The van der Waals surface area contributed by atoms with Crippen LogP contribution in [-0.4, -0.2) is 12.0 Å². The van der Waals surface area contributed by atoms with Gasteiger partial charge in [0.2, 0.25) is 5.92 Å². The van der Waals surface area contributed by atoms with Gasteiger partial charge >= 0.3 is 0 Å². The number of rotatable bonds is 2. The molecule has 0 aromatic rings. The second-order valence-corrected chi connectivity index (χ2v) is 5.15. The van der Waals surface area contributed by atoms with E-state index in [0.29, 0.717) is 18.4 Å². The van der Waals surface area contributed by atoms with Crippen molar-refractivity contribution in [2.24, 2.45) is 17.6 Å². The lowest BCUT2D eigenvalue weighted by molar-refractivity contribution is -0.0576. The zero-order chi connectivity index (χ0) is 10.2. The van der Waals surface area contributed by atoms with E-state index in [1.807, 2.05) is 0 Å². The highest BCUT2D eigenvalue weighted by Gasteiger charge is 2.38. The smallest absolute Gasteiger partial charge is 0.248 e. The summed E-state index contributed by atoms with van der Waals surface area (Å²) in [6.45, 7) is 0. The lowest BCUT2D eigenvalue weighted by Gasteiger charge is -2.37. The van der Waals surface area contributed by atoms with Crippen molar-refractivity contribution in [2.45, 2.75) is 56.9 Å². The Morgan fingerprint density at radius 3 is 2.50 bits per heavy atom. The third-order valence-corrected chi connectivity index (χ3v) is 3.68. The summed E-state index contributed by atoms with van der Waals surface area (Å²) < 4.78 is 26.2. The van der Waals surface area contributed by atoms with Gasteiger partial charge in [-0.3, -0.25) is 0 Å². The Hall–Kier alpha value is -0.180. The normalized spacial score (nSPS) is 41.8. The standard InChI is InChI=1S/C11H19F2N/c12-11(13)3-1-2-8(7-11)4-9-5-10(14)6-9/h8-10H,1-7,14H2. The van der Waals surface area contributed by atoms with Crippen LogP contribution in [0.5, 0.6) is 0 Å². The molecule has 0 amide bonds. The Morgan fingerprint density at radius 2 is 1.93 bits per heavy atom. The fraction of sp³-hybridized carbons (Fsp3) is 1.00. The first-order valence-electron chi connectivity index (χ1n) is 5.68. The molecule has 2 saturated carbocycles. The minimum absolute atomic E-state index is 0.105. The van der Waals surface area contributed by atoms with Gasteiger partial charge in [0.05, 0.1) is 0 Å². The maximum absolute atomic E-state index is 13.1. The molecule has 0 spiro atoms. The molecule has 1 atom stereocenters. The summed E-state index contributed by atoms with van der Waals surface area (Å²) in [4.78, 5) is 0. The molecule has 82 valence electrons. The summed E-state index contributed by atoms with van der Waals surface area (Å²) in [5, 5.41) is 0. The van der Waals surface area contributed by atoms with Crippen LogP contribution in [0.2, 0.25) is 0 Å². The second kappa shape index (κ2) is 3.76. The van der Waals surface area contributed by atoms with Crippen LogP contribution in [-0.2, 0) is 0 Å². The second-order valence-electron chi connectivity index (χ2n) is 5.15. The van der Waals surface area contributed by atoms with Crippen LogP contribution in [0.3, 0.4) is 0 Å². The van der Waals surface area contributed by atoms with Crippen LogP contribution in [0.15, 0.2) is 0 Å². The lowest BCUT2D eigenvalue weighted by Crippen LogP contribution is -2.38. The fourth-order valence-corrected chi connectivity index (χ4v) is 2.93. The zero-order valence-electron chi connectivity index (χ0n) is 8.52. The van der Waals surface area contributed by atoms with Gasteiger partial charge in [0.15, 0.2) is 0 Å². The number of hydrogen-bond donors (Lipinski definition) is 1. The quantitative estimate of drug-likeness (QED) is 0.733. The van der Waals surface area contributed by atoms with E-state index in [0.717, 1.165) is 25.7 Å². The summed E-state index contributed by atoms with van der Waals surface area (Å²) in [5.74, 6) is -1.48. The van der Waals surface area contributed by atoms with E-state index >= 15 is 0 Å². The minimum atomic E-state index is -2.38. The molecule has 0 heterocycles. The Balaban J connectivity index is 1.75. The predicted octanol–water partition coefficient (Wildman–Crippen LogP) is 2.94. The Bertz CT molecular complexity index is 199. The highest BCUT2D eigenvalue weighted by molar-refractivity contribution is 4.86. The Labute approximate surface area is 84.0 Å². The van der Waals surface area contributed by atoms with Gasteiger partial charge < -0.3 is 5.73 Å². The zero-order valence-corrected chi connectivity index (χ0v) is 8.52. The highest BCUT2D eigenvalue weighted by atomic mass is 19.3. The van der Waals surface area contributed by atoms with Gasteiger partial charge in [0, 0.05) is 18.9 Å². The first-order valence-corrected chi connectivity index (χ1v) is 5.68. The summed E-state index contributed by atoms with van der Waals surface area (Å²) in [6, 6.07) is 0.351. The molecule has 2 aliphatic carbocycles. The maximum atomic E-state index is 13.1. The van der Waals surface area contributed by atoms with Gasteiger partial charge in [-0.05, 0) is 37.5 Å². The monoisotopic (exact) mass is 203 g/mol. The number of hydrogen-bond acceptors (Lipinski definition) is 1. The Morgan fingerprint density at radius 1 is 1.21 bits per heavy atom. The van der Waals surface area contributed by atoms with Gasteiger partial charge in [-0.25, -0.2) is 8.78 Å². The minimum Gasteiger partial charge on any atom is -0.328 e. The molecule has 0 saturated heterocycles. The summed E-state index contributed by atoms with van der Waals surface area (Å²) in [6.07, 6.45) is 5.04. The summed E-state index contributed by atoms with van der Waals surface area (Å²) in [5.41, 5.74) is 5.68. The number of nitrogens with two attached hydrogens (primary N) is 1. The molecule has 1 unspecified atom stereocenters. The molecule has 0 aliphatic heterocycles. The van der Waals surface area contributed by atoms with Crippen LogP contribution < -0.4 is 5.73 Å². The molecule has 2 N–H and O–H groups in total. The lowest BCUT2D eigenvalue weighted by atomic mass is 9.72. The first kappa shape index (κ1) is 10.3. The molecule has 1 nitrogen and oxygen atoms in total. The predicted molar refractivity (Wildman–Crippen MR) is 52.2 cm³/mol. The van der Waals surface area contributed by atoms with E-state index in [4.69, 9.17) is 5.73 Å². The maximum Gasteiger partial charge on any atom is 0.248 e. The number of halogens is 2. The Kier molecular flexibility index (Phi) is 2.78. The topological polar surface area (TPSA) is 26.0 Å². The van der Waals surface area contributed by atoms with Gasteiger partial charge in [-0.15, -0.1) is 0 Å². The number of alkyl halides is 2. The van der Waals surface area contributed by atoms with E-state index in [1.165, 1.54) is 0 Å². The van der Waals surface area contributed by atoms with Crippen molar-refractivity contribution in [1.29, 1.82) is 0 Å². The van der Waals surface area contributed by atoms with Crippen LogP contribution in [0.25, 0.3) is 0 Å². The fourth-order valence-electron chi connectivity index (χ4n) is 2.93. The molecule has 2 fully saturated rings. The largest absolute Gasteiger partial charge is 0.328 e. The average molecular weight is 203 g/mol. The summed E-state index contributed by atoms with van der Waals surface area (Å²) in [7, 11) is 0. The van der Waals surface area contributed by atoms with Gasteiger partial charge in [-0.1, -0.05) is 6.42 Å². The van der Waals surface area contributed by atoms with Gasteiger partial charge in [-0.2, -0.15) is 0 Å². The van der Waals surface area contributed by atoms with Crippen molar-refractivity contribution in [3.05, 3.63) is 0 Å². The first-order chi connectivity index (χ1) is 6.55. The van der Waals surface area contributed by atoms with Gasteiger partial charge in [0.25, 0.3) is 0 Å². The van der Waals surface area contributed by atoms with E-state index < -0.39 is 5.92 Å². The van der Waals surface area contributed by atoms with E-state index in [2.05, 4.69) is 0 Å². The van der Waals surface area contributed by atoms with E-state index in [-0.39, 0.29) is 18.8 Å². The SMILES string of the molecule is NC1CC(CC2CCCC(F)(F)C2)C1. The molecule has 2 aliphatic rings. The molecule has 2 rings (SSSR count). The molecule has 14 heavy (non-hydrogen) atoms. The molecular weight excluding hydrogens is 184 g/mol. The van der Waals surface area contributed by atoms with Crippen LogP contribution in [0, 0.1) is 11.8 Å². The van der Waals surface area contributed by atoms with E-state index in [1.54, 1.807) is 0 Å². The average Bonchev–Trinajstić information content (AvgIpc) is 1.99. The third-order valence-electron chi connectivity index (χ3n) is 3.68. The van der Waals surface area contributed by atoms with Crippen molar-refractivity contribution in [1.82, 2.24) is 0 Å². The van der Waals surface area contributed by atoms with Gasteiger partial charge in [0.1, 0.15) is 0 Å². The molecule has 0 aromatic carbocycles. The van der Waals surface area contributed by atoms with Crippen molar-refractivity contribution in [3.63, 3.8) is 0 Å². The molecule has 0 radical (unpaired) electrons. The molecule has 0 aromatic heterocycles. The molecular formula is C11H19F2N. The van der Waals surface area contributed by atoms with Crippen LogP contribution >= 0.6 is 0 Å².